The summed E-state index contributed by atoms with van der Waals surface area (Å²) in [4.78, 5) is 34.2. The Morgan fingerprint density at radius 1 is 1.24 bits per heavy atom. The minimum Gasteiger partial charge on any atom is -0.444 e. The second kappa shape index (κ2) is 9.33. The number of nitrogens with one attached hydrogen (secondary N) is 2. The van der Waals surface area contributed by atoms with E-state index in [4.69, 9.17) is 10.5 Å². The number of carbonyl (C=O) groups is 2. The van der Waals surface area contributed by atoms with Crippen molar-refractivity contribution in [3.63, 3.8) is 0 Å². The lowest BCUT2D eigenvalue weighted by atomic mass is 10.1. The summed E-state index contributed by atoms with van der Waals surface area (Å²) in [7, 11) is 0. The number of hydrogen-bond acceptors (Lipinski definition) is 5. The Kier molecular flexibility index (Phi) is 8.61. The molecule has 0 heterocycles. The van der Waals surface area contributed by atoms with Crippen LogP contribution in [0.5, 0.6) is 0 Å². The van der Waals surface area contributed by atoms with E-state index in [1.165, 1.54) is 6.92 Å². The summed E-state index contributed by atoms with van der Waals surface area (Å²) in [6, 6.07) is -1.49. The van der Waals surface area contributed by atoms with E-state index in [0.717, 1.165) is 6.42 Å². The molecule has 21 heavy (non-hydrogen) atoms. The Morgan fingerprint density at radius 2 is 1.86 bits per heavy atom. The first-order valence-electron chi connectivity index (χ1n) is 7.07. The van der Waals surface area contributed by atoms with Crippen molar-refractivity contribution in [2.24, 2.45) is 5.73 Å². The molecule has 0 aliphatic carbocycles. The van der Waals surface area contributed by atoms with Crippen LogP contribution in [0.3, 0.4) is 0 Å². The van der Waals surface area contributed by atoms with Gasteiger partial charge < -0.3 is 21.1 Å². The fourth-order valence-corrected chi connectivity index (χ4v) is 1.55. The maximum Gasteiger partial charge on any atom is 0.408 e. The zero-order valence-corrected chi connectivity index (χ0v) is 13.2. The van der Waals surface area contributed by atoms with Gasteiger partial charge in [0, 0.05) is 0 Å². The lowest BCUT2D eigenvalue weighted by Gasteiger charge is -2.23. The highest BCUT2D eigenvalue weighted by Crippen LogP contribution is 2.08. The Morgan fingerprint density at radius 3 is 2.33 bits per heavy atom. The number of alkyl carbamates (subject to hydrolysis) is 1. The van der Waals surface area contributed by atoms with Gasteiger partial charge in [0.15, 0.2) is 0 Å². The Hall–Kier alpha value is -1.63. The number of amides is 2. The number of ether oxygens (including phenoxy) is 1. The van der Waals surface area contributed by atoms with Crippen molar-refractivity contribution in [1.82, 2.24) is 10.6 Å². The van der Waals surface area contributed by atoms with Gasteiger partial charge in [0.25, 0.3) is 0 Å². The highest BCUT2D eigenvalue weighted by atomic mass is 16.6. The molecule has 0 bridgehead atoms. The van der Waals surface area contributed by atoms with E-state index in [-0.39, 0.29) is 0 Å². The molecule has 0 aromatic heterocycles. The van der Waals surface area contributed by atoms with Gasteiger partial charge in [-0.2, -0.15) is 0 Å². The summed E-state index contributed by atoms with van der Waals surface area (Å²) in [5, 5.41) is 4.98. The Bertz CT molecular complexity index is 353. The minimum atomic E-state index is -0.762. The molecule has 0 aliphatic heterocycles. The number of nitrogens with two attached hydrogens (primary N) is 1. The van der Waals surface area contributed by atoms with Gasteiger partial charge >= 0.3 is 6.09 Å². The van der Waals surface area contributed by atoms with Crippen LogP contribution in [0.25, 0.3) is 0 Å². The molecule has 0 spiro atoms. The molecule has 0 saturated carbocycles. The van der Waals surface area contributed by atoms with Gasteiger partial charge in [0.05, 0.1) is 6.04 Å². The van der Waals surface area contributed by atoms with Crippen LogP contribution >= 0.6 is 0 Å². The number of carbonyl (C=O) groups excluding carboxylic acids is 3. The summed E-state index contributed by atoms with van der Waals surface area (Å²) >= 11 is 0. The fourth-order valence-electron chi connectivity index (χ4n) is 1.55. The fraction of sp³-hybridized carbons (Fsp3) is 0.786. The van der Waals surface area contributed by atoms with Gasteiger partial charge in [-0.25, -0.2) is 4.79 Å². The van der Waals surface area contributed by atoms with Gasteiger partial charge in [-0.05, 0) is 53.5 Å². The molecular weight excluding hydrogens is 274 g/mol. The van der Waals surface area contributed by atoms with Crippen molar-refractivity contribution in [3.05, 3.63) is 0 Å². The second-order valence-corrected chi connectivity index (χ2v) is 5.83. The molecule has 0 rings (SSSR count). The molecule has 2 amide bonds. The summed E-state index contributed by atoms with van der Waals surface area (Å²) in [6.07, 6.45) is 2.85. The topological polar surface area (TPSA) is 111 Å². The van der Waals surface area contributed by atoms with Crippen molar-refractivity contribution in [2.75, 3.05) is 6.54 Å². The molecule has 7 nitrogen and oxygen atoms in total. The first-order valence-corrected chi connectivity index (χ1v) is 7.07. The highest BCUT2D eigenvalue weighted by Gasteiger charge is 2.24. The molecule has 4 N–H and O–H groups in total. The maximum absolute atomic E-state index is 12.0. The predicted octanol–water partition coefficient (Wildman–Crippen LogP) is 0.623. The van der Waals surface area contributed by atoms with E-state index in [1.807, 2.05) is 0 Å². The van der Waals surface area contributed by atoms with Crippen molar-refractivity contribution in [2.45, 2.75) is 64.6 Å². The molecule has 0 fully saturated rings. The van der Waals surface area contributed by atoms with Crippen LogP contribution in [0, 0.1) is 0 Å². The van der Waals surface area contributed by atoms with Crippen molar-refractivity contribution in [3.8, 4) is 0 Å². The number of unbranched alkanes of at least 4 members (excludes halogenated alkanes) is 1. The Balaban J connectivity index is 4.60. The second-order valence-electron chi connectivity index (χ2n) is 5.83. The summed E-state index contributed by atoms with van der Waals surface area (Å²) in [5.74, 6) is -0.436. The van der Waals surface area contributed by atoms with E-state index in [0.29, 0.717) is 19.4 Å². The van der Waals surface area contributed by atoms with Gasteiger partial charge in [-0.15, -0.1) is 0 Å². The first-order chi connectivity index (χ1) is 9.69. The first kappa shape index (κ1) is 19.4. The van der Waals surface area contributed by atoms with Crippen LogP contribution < -0.4 is 16.4 Å². The smallest absolute Gasteiger partial charge is 0.408 e. The van der Waals surface area contributed by atoms with Crippen LogP contribution in [0.15, 0.2) is 0 Å². The minimum absolute atomic E-state index is 0.424. The average molecular weight is 300 g/mol. The molecule has 0 aromatic rings. The molecule has 0 aliphatic rings. The summed E-state index contributed by atoms with van der Waals surface area (Å²) in [6.45, 7) is 7.23. The van der Waals surface area contributed by atoms with E-state index < -0.39 is 29.7 Å². The van der Waals surface area contributed by atoms with Gasteiger partial charge in [-0.3, -0.25) is 9.59 Å². The quantitative estimate of drug-likeness (QED) is 0.569. The largest absolute Gasteiger partial charge is 0.444 e. The van der Waals surface area contributed by atoms with Gasteiger partial charge in [-0.1, -0.05) is 0 Å². The van der Waals surface area contributed by atoms with Crippen molar-refractivity contribution >= 4 is 18.3 Å². The molecule has 0 saturated heterocycles. The predicted molar refractivity (Wildman–Crippen MR) is 79.4 cm³/mol. The molecule has 0 aromatic carbocycles. The average Bonchev–Trinajstić information content (AvgIpc) is 2.35. The molecule has 7 heteroatoms. The third-order valence-electron chi connectivity index (χ3n) is 2.49. The normalized spacial score (nSPS) is 14.0. The maximum atomic E-state index is 12.0. The lowest BCUT2D eigenvalue weighted by molar-refractivity contribution is -0.123. The lowest BCUT2D eigenvalue weighted by Crippen LogP contribution is -2.50. The standard InChI is InChI=1S/C14H26N3O4/c1-10(9-18)16-12(19)11(7-5-6-8-15)17-13(20)21-14(2,3)4/h10-11H,5-8,15H2,1-4H3,(H,16,19)(H,17,20)/t10-,11-/m1/s1. The van der Waals surface area contributed by atoms with E-state index in [1.54, 1.807) is 27.1 Å². The van der Waals surface area contributed by atoms with Crippen LogP contribution in [0.1, 0.15) is 47.0 Å². The summed E-state index contributed by atoms with van der Waals surface area (Å²) in [5.41, 5.74) is 4.77. The van der Waals surface area contributed by atoms with Crippen LogP contribution in [-0.4, -0.2) is 42.5 Å². The zero-order chi connectivity index (χ0) is 16.5. The summed E-state index contributed by atoms with van der Waals surface area (Å²) < 4.78 is 5.12. The molecule has 1 radical (unpaired) electrons. The van der Waals surface area contributed by atoms with Gasteiger partial charge in [0.2, 0.25) is 12.2 Å². The monoisotopic (exact) mass is 300 g/mol. The van der Waals surface area contributed by atoms with Crippen molar-refractivity contribution < 1.29 is 19.1 Å². The molecular formula is C14H26N3O4. The van der Waals surface area contributed by atoms with E-state index in [9.17, 15) is 14.4 Å². The van der Waals surface area contributed by atoms with E-state index in [2.05, 4.69) is 10.6 Å². The highest BCUT2D eigenvalue weighted by molar-refractivity contribution is 5.87. The Labute approximate surface area is 126 Å². The molecule has 121 valence electrons. The third-order valence-corrected chi connectivity index (χ3v) is 2.49. The van der Waals surface area contributed by atoms with Crippen molar-refractivity contribution in [1.29, 1.82) is 0 Å². The molecule has 0 unspecified atom stereocenters. The van der Waals surface area contributed by atoms with Gasteiger partial charge in [0.1, 0.15) is 11.6 Å². The molecule has 2 atom stereocenters. The number of rotatable bonds is 8. The van der Waals surface area contributed by atoms with Crippen LogP contribution in [-0.2, 0) is 14.3 Å². The van der Waals surface area contributed by atoms with Crippen LogP contribution in [0.4, 0.5) is 4.79 Å². The number of hydrogen-bond donors (Lipinski definition) is 3. The SMILES string of the molecule is C[C@H]([C]=O)NC(=O)[C@@H](CCCCN)NC(=O)OC(C)(C)C. The van der Waals surface area contributed by atoms with E-state index >= 15 is 0 Å². The third kappa shape index (κ3) is 9.84. The van der Waals surface area contributed by atoms with Crippen LogP contribution in [0.2, 0.25) is 0 Å². The zero-order valence-electron chi connectivity index (χ0n) is 13.2.